The van der Waals surface area contributed by atoms with Crippen LogP contribution >= 0.6 is 11.3 Å². The quantitative estimate of drug-likeness (QED) is 0.519. The molecule has 11 heteroatoms. The highest BCUT2D eigenvalue weighted by molar-refractivity contribution is 7.89. The van der Waals surface area contributed by atoms with Crippen LogP contribution in [0.25, 0.3) is 21.3 Å². The second-order valence-electron chi connectivity index (χ2n) is 5.45. The number of fused-ring (bicyclic) bond motifs is 2. The number of oxazole rings is 1. The fraction of sp³-hybridized carbons (Fsp3) is 0.133. The molecule has 0 radical (unpaired) electrons. The average Bonchev–Trinajstić information content (AvgIpc) is 3.21. The summed E-state index contributed by atoms with van der Waals surface area (Å²) in [4.78, 5) is 30.7. The monoisotopic (exact) mass is 392 g/mol. The van der Waals surface area contributed by atoms with Gasteiger partial charge in [-0.1, -0.05) is 0 Å². The molecule has 0 aliphatic heterocycles. The number of nitrogens with one attached hydrogen (secondary N) is 2. The summed E-state index contributed by atoms with van der Waals surface area (Å²) < 4.78 is 33.4. The van der Waals surface area contributed by atoms with E-state index >= 15 is 0 Å². The van der Waals surface area contributed by atoms with Crippen molar-refractivity contribution in [3.63, 3.8) is 0 Å². The highest BCUT2D eigenvalue weighted by Crippen LogP contribution is 2.16. The van der Waals surface area contributed by atoms with Crippen LogP contribution in [-0.2, 0) is 16.6 Å². The predicted octanol–water partition coefficient (Wildman–Crippen LogP) is 0.871. The Kier molecular flexibility index (Phi) is 3.98. The summed E-state index contributed by atoms with van der Waals surface area (Å²) in [6.45, 7) is 0.146. The predicted molar refractivity (Wildman–Crippen MR) is 95.9 cm³/mol. The number of benzene rings is 1. The fourth-order valence-corrected chi connectivity index (χ4v) is 4.29. The molecule has 0 aliphatic carbocycles. The number of H-pyrrole nitrogens is 1. The van der Waals surface area contributed by atoms with Gasteiger partial charge in [0, 0.05) is 19.2 Å². The molecule has 3 aromatic heterocycles. The van der Waals surface area contributed by atoms with Crippen molar-refractivity contribution in [3.05, 3.63) is 56.9 Å². The molecule has 0 amide bonds. The molecule has 0 spiro atoms. The summed E-state index contributed by atoms with van der Waals surface area (Å²) in [6.07, 6.45) is 1.40. The molecule has 4 rings (SSSR count). The Labute approximate surface area is 150 Å². The van der Waals surface area contributed by atoms with E-state index in [4.69, 9.17) is 4.42 Å². The van der Waals surface area contributed by atoms with E-state index in [0.717, 1.165) is 0 Å². The van der Waals surface area contributed by atoms with Crippen molar-refractivity contribution in [2.24, 2.45) is 0 Å². The van der Waals surface area contributed by atoms with Crippen LogP contribution in [0, 0.1) is 0 Å². The molecule has 134 valence electrons. The Hall–Kier alpha value is -2.76. The van der Waals surface area contributed by atoms with Gasteiger partial charge in [0.1, 0.15) is 4.83 Å². The Morgan fingerprint density at radius 1 is 1.27 bits per heavy atom. The molecule has 26 heavy (non-hydrogen) atoms. The fourth-order valence-electron chi connectivity index (χ4n) is 2.53. The number of nitrogens with zero attached hydrogens (tertiary/aromatic N) is 2. The summed E-state index contributed by atoms with van der Waals surface area (Å²) in [5.41, 5.74) is 0.350. The molecule has 0 aliphatic rings. The molecule has 9 nitrogen and oxygen atoms in total. The first-order valence-corrected chi connectivity index (χ1v) is 9.85. The van der Waals surface area contributed by atoms with Gasteiger partial charge in [-0.15, -0.1) is 11.3 Å². The third-order valence-corrected chi connectivity index (χ3v) is 6.08. The van der Waals surface area contributed by atoms with Gasteiger partial charge in [0.25, 0.3) is 5.56 Å². The molecule has 0 fully saturated rings. The van der Waals surface area contributed by atoms with Crippen LogP contribution in [0.1, 0.15) is 0 Å². The lowest BCUT2D eigenvalue weighted by molar-refractivity contribution is 0.552. The van der Waals surface area contributed by atoms with E-state index in [1.54, 1.807) is 11.4 Å². The van der Waals surface area contributed by atoms with Crippen molar-refractivity contribution in [1.82, 2.24) is 19.3 Å². The van der Waals surface area contributed by atoms with Crippen molar-refractivity contribution >= 4 is 42.7 Å². The van der Waals surface area contributed by atoms with Crippen LogP contribution in [0.3, 0.4) is 0 Å². The molecule has 0 saturated heterocycles. The zero-order valence-electron chi connectivity index (χ0n) is 13.1. The van der Waals surface area contributed by atoms with E-state index in [0.29, 0.717) is 15.7 Å². The van der Waals surface area contributed by atoms with E-state index in [1.165, 1.54) is 40.4 Å². The van der Waals surface area contributed by atoms with Gasteiger partial charge >= 0.3 is 5.76 Å². The molecular weight excluding hydrogens is 380 g/mol. The van der Waals surface area contributed by atoms with Gasteiger partial charge in [-0.05, 0) is 23.6 Å². The lowest BCUT2D eigenvalue weighted by Gasteiger charge is -2.08. The number of hydrogen-bond donors (Lipinski definition) is 2. The van der Waals surface area contributed by atoms with Gasteiger partial charge in [-0.25, -0.2) is 22.9 Å². The third kappa shape index (κ3) is 2.96. The van der Waals surface area contributed by atoms with Gasteiger partial charge in [0.05, 0.1) is 22.1 Å². The minimum Gasteiger partial charge on any atom is -0.408 e. The summed E-state index contributed by atoms with van der Waals surface area (Å²) >= 11 is 1.37. The Bertz CT molecular complexity index is 1330. The zero-order valence-corrected chi connectivity index (χ0v) is 14.8. The Morgan fingerprint density at radius 3 is 2.96 bits per heavy atom. The number of aromatic nitrogens is 3. The number of rotatable bonds is 5. The average molecular weight is 392 g/mol. The lowest BCUT2D eigenvalue weighted by atomic mass is 10.3. The first-order valence-electron chi connectivity index (χ1n) is 7.49. The lowest BCUT2D eigenvalue weighted by Crippen LogP contribution is -2.30. The topological polar surface area (TPSA) is 127 Å². The van der Waals surface area contributed by atoms with E-state index in [1.807, 2.05) is 0 Å². The SMILES string of the molecule is O=c1[nH]c2ccc(S(=O)(=O)NCCn3cnc4sccc4c3=O)cc2o1. The third-order valence-electron chi connectivity index (χ3n) is 3.80. The largest absolute Gasteiger partial charge is 0.417 e. The number of hydrogen-bond acceptors (Lipinski definition) is 7. The van der Waals surface area contributed by atoms with Crippen LogP contribution in [0.2, 0.25) is 0 Å². The first kappa shape index (κ1) is 16.7. The van der Waals surface area contributed by atoms with Crippen LogP contribution in [0.15, 0.2) is 54.9 Å². The Balaban J connectivity index is 1.52. The molecule has 4 aromatic rings. The van der Waals surface area contributed by atoms with Gasteiger partial charge in [-0.3, -0.25) is 14.3 Å². The van der Waals surface area contributed by atoms with E-state index in [2.05, 4.69) is 14.7 Å². The highest BCUT2D eigenvalue weighted by Gasteiger charge is 2.16. The summed E-state index contributed by atoms with van der Waals surface area (Å²) in [7, 11) is -3.82. The van der Waals surface area contributed by atoms with Crippen molar-refractivity contribution in [1.29, 1.82) is 0 Å². The summed E-state index contributed by atoms with van der Waals surface area (Å²) in [5.74, 6) is -0.654. The second kappa shape index (κ2) is 6.20. The van der Waals surface area contributed by atoms with Gasteiger partial charge in [-0.2, -0.15) is 0 Å². The molecule has 2 N–H and O–H groups in total. The minimum absolute atomic E-state index is 0.00862. The minimum atomic E-state index is -3.82. The molecule has 0 atom stereocenters. The first-order chi connectivity index (χ1) is 12.4. The number of sulfonamides is 1. The second-order valence-corrected chi connectivity index (χ2v) is 8.11. The maximum atomic E-state index is 12.4. The maximum Gasteiger partial charge on any atom is 0.417 e. The molecule has 0 bridgehead atoms. The molecule has 1 aromatic carbocycles. The zero-order chi connectivity index (χ0) is 18.3. The van der Waals surface area contributed by atoms with Crippen molar-refractivity contribution in [2.75, 3.05) is 6.54 Å². The van der Waals surface area contributed by atoms with E-state index in [-0.39, 0.29) is 29.1 Å². The number of aromatic amines is 1. The van der Waals surface area contributed by atoms with Gasteiger partial charge in [0.15, 0.2) is 5.58 Å². The summed E-state index contributed by atoms with van der Waals surface area (Å²) in [5, 5.41) is 2.29. The van der Waals surface area contributed by atoms with Crippen LogP contribution in [0.4, 0.5) is 0 Å². The Morgan fingerprint density at radius 2 is 2.12 bits per heavy atom. The van der Waals surface area contributed by atoms with Crippen molar-refractivity contribution in [3.8, 4) is 0 Å². The standard InChI is InChI=1S/C15H12N4O5S2/c20-14-10-3-6-25-13(10)16-8-19(14)5-4-17-26(22,23)9-1-2-11-12(7-9)24-15(21)18-11/h1-3,6-8,17H,4-5H2,(H,18,21). The maximum absolute atomic E-state index is 12.4. The summed E-state index contributed by atoms with van der Waals surface area (Å²) in [6, 6.07) is 5.77. The molecule has 0 unspecified atom stereocenters. The van der Waals surface area contributed by atoms with Crippen molar-refractivity contribution in [2.45, 2.75) is 11.4 Å². The normalized spacial score (nSPS) is 12.2. The van der Waals surface area contributed by atoms with Crippen molar-refractivity contribution < 1.29 is 12.8 Å². The van der Waals surface area contributed by atoms with E-state index in [9.17, 15) is 18.0 Å². The smallest absolute Gasteiger partial charge is 0.408 e. The van der Waals surface area contributed by atoms with Crippen LogP contribution < -0.4 is 16.0 Å². The van der Waals surface area contributed by atoms with Crippen LogP contribution in [0.5, 0.6) is 0 Å². The van der Waals surface area contributed by atoms with Crippen LogP contribution in [-0.4, -0.2) is 29.5 Å². The number of thiophene rings is 1. The van der Waals surface area contributed by atoms with Gasteiger partial charge < -0.3 is 4.42 Å². The van der Waals surface area contributed by atoms with E-state index < -0.39 is 15.8 Å². The molecule has 0 saturated carbocycles. The molecular formula is C15H12N4O5S2. The van der Waals surface area contributed by atoms with Gasteiger partial charge in [0.2, 0.25) is 10.0 Å². The highest BCUT2D eigenvalue weighted by atomic mass is 32.2. The molecule has 3 heterocycles.